The van der Waals surface area contributed by atoms with E-state index in [1.807, 2.05) is 37.3 Å². The number of nitrogens with zero attached hydrogens (tertiary/aromatic N) is 4. The Balaban J connectivity index is 1.67. The van der Waals surface area contributed by atoms with Gasteiger partial charge in [0.15, 0.2) is 0 Å². The molecule has 0 aliphatic carbocycles. The summed E-state index contributed by atoms with van der Waals surface area (Å²) in [6, 6.07) is 11.4. The van der Waals surface area contributed by atoms with Gasteiger partial charge in [0, 0.05) is 19.3 Å². The number of pyridine rings is 1. The average molecular weight is 564 g/mol. The number of nitrogens with one attached hydrogen (secondary N) is 1. The Kier molecular flexibility index (Phi) is 8.10. The molecular formula is C30H37N5O6. The van der Waals surface area contributed by atoms with E-state index in [0.29, 0.717) is 34.6 Å². The number of fused-ring (bicyclic) bond motifs is 2. The van der Waals surface area contributed by atoms with Gasteiger partial charge in [-0.15, -0.1) is 0 Å². The summed E-state index contributed by atoms with van der Waals surface area (Å²) in [5.74, 6) is -0.826. The van der Waals surface area contributed by atoms with Gasteiger partial charge >= 0.3 is 12.2 Å². The fourth-order valence-electron chi connectivity index (χ4n) is 5.12. The number of hydrogen-bond acceptors (Lipinski definition) is 6. The summed E-state index contributed by atoms with van der Waals surface area (Å²) in [5, 5.41) is 13.1. The molecule has 0 saturated heterocycles. The molecule has 0 spiro atoms. The highest BCUT2D eigenvalue weighted by Gasteiger charge is 2.41. The smallest absolute Gasteiger partial charge is 0.407 e. The van der Waals surface area contributed by atoms with Gasteiger partial charge in [0.05, 0.1) is 35.1 Å². The van der Waals surface area contributed by atoms with E-state index >= 15 is 0 Å². The Labute approximate surface area is 239 Å². The first-order valence-electron chi connectivity index (χ1n) is 13.6. The molecule has 2 aromatic heterocycles. The number of carboxylic acid groups (broad SMARTS) is 1. The summed E-state index contributed by atoms with van der Waals surface area (Å²) in [5.41, 5.74) is 0.989. The monoisotopic (exact) mass is 563 g/mol. The van der Waals surface area contributed by atoms with Gasteiger partial charge < -0.3 is 19.6 Å². The molecule has 4 rings (SSSR count). The van der Waals surface area contributed by atoms with Crippen molar-refractivity contribution in [1.82, 2.24) is 24.5 Å². The van der Waals surface area contributed by atoms with Crippen LogP contribution in [0.4, 0.5) is 9.59 Å². The molecule has 0 saturated carbocycles. The largest absolute Gasteiger partial charge is 0.465 e. The minimum atomic E-state index is -1.14. The van der Waals surface area contributed by atoms with Gasteiger partial charge in [-0.25, -0.2) is 14.6 Å². The molecule has 1 aliphatic rings. The van der Waals surface area contributed by atoms with E-state index in [2.05, 4.69) is 5.32 Å². The Hall–Kier alpha value is -4.41. The fourth-order valence-corrected chi connectivity index (χ4v) is 5.12. The second kappa shape index (κ2) is 11.2. The van der Waals surface area contributed by atoms with Gasteiger partial charge in [0.25, 0.3) is 11.8 Å². The number of alkyl carbamates (subject to hydrolysis) is 1. The van der Waals surface area contributed by atoms with E-state index in [9.17, 15) is 24.3 Å². The number of imidazole rings is 1. The number of carbonyl (C=O) groups is 4. The SMILES string of the molecule is CC(C)(C)OC(=O)NCCCN(C(=O)O)C(c1c(CN2C(=O)c3ccccc3C2=O)nc2ccccn12)C(C)(C)C. The maximum atomic E-state index is 13.2. The summed E-state index contributed by atoms with van der Waals surface area (Å²) in [6.07, 6.45) is 0.422. The number of amides is 4. The van der Waals surface area contributed by atoms with Crippen molar-refractivity contribution in [3.63, 3.8) is 0 Å². The van der Waals surface area contributed by atoms with Crippen LogP contribution in [0.2, 0.25) is 0 Å². The molecule has 3 aromatic rings. The molecule has 4 amide bonds. The molecule has 1 aromatic carbocycles. The van der Waals surface area contributed by atoms with Crippen molar-refractivity contribution in [2.75, 3.05) is 13.1 Å². The van der Waals surface area contributed by atoms with Crippen LogP contribution in [0.1, 0.15) is 86.1 Å². The predicted octanol–water partition coefficient (Wildman–Crippen LogP) is 5.11. The molecular weight excluding hydrogens is 526 g/mol. The molecule has 11 heteroatoms. The van der Waals surface area contributed by atoms with Crippen LogP contribution in [0.15, 0.2) is 48.7 Å². The maximum absolute atomic E-state index is 13.2. The van der Waals surface area contributed by atoms with E-state index in [1.54, 1.807) is 57.3 Å². The molecule has 41 heavy (non-hydrogen) atoms. The number of aromatic nitrogens is 2. The molecule has 3 heterocycles. The zero-order chi connectivity index (χ0) is 30.1. The van der Waals surface area contributed by atoms with Crippen LogP contribution in [-0.2, 0) is 11.3 Å². The number of benzene rings is 1. The van der Waals surface area contributed by atoms with E-state index in [4.69, 9.17) is 9.72 Å². The number of rotatable bonds is 8. The third-order valence-electron chi connectivity index (χ3n) is 6.71. The van der Waals surface area contributed by atoms with Crippen molar-refractivity contribution >= 4 is 29.6 Å². The lowest BCUT2D eigenvalue weighted by molar-refractivity contribution is 0.0517. The van der Waals surface area contributed by atoms with Crippen LogP contribution < -0.4 is 5.32 Å². The van der Waals surface area contributed by atoms with Crippen molar-refractivity contribution in [3.8, 4) is 0 Å². The van der Waals surface area contributed by atoms with Crippen LogP contribution in [-0.4, -0.2) is 67.0 Å². The Bertz CT molecular complexity index is 1450. The second-order valence-corrected chi connectivity index (χ2v) is 12.1. The van der Waals surface area contributed by atoms with E-state index in [0.717, 1.165) is 4.90 Å². The maximum Gasteiger partial charge on any atom is 0.407 e. The van der Waals surface area contributed by atoms with Crippen molar-refractivity contribution in [2.45, 2.75) is 66.2 Å². The normalized spacial score (nSPS) is 14.2. The summed E-state index contributed by atoms with van der Waals surface area (Å²) >= 11 is 0. The number of hydrogen-bond donors (Lipinski definition) is 2. The van der Waals surface area contributed by atoms with E-state index in [1.165, 1.54) is 4.90 Å². The van der Waals surface area contributed by atoms with Gasteiger partial charge in [-0.1, -0.05) is 39.0 Å². The molecule has 0 radical (unpaired) electrons. The van der Waals surface area contributed by atoms with Crippen LogP contribution >= 0.6 is 0 Å². The minimum absolute atomic E-state index is 0.108. The highest BCUT2D eigenvalue weighted by Crippen LogP contribution is 2.41. The summed E-state index contributed by atoms with van der Waals surface area (Å²) in [6.45, 7) is 11.3. The third kappa shape index (κ3) is 6.34. The first-order chi connectivity index (χ1) is 19.2. The molecule has 218 valence electrons. The Morgan fingerprint density at radius 3 is 2.17 bits per heavy atom. The minimum Gasteiger partial charge on any atom is -0.465 e. The zero-order valence-electron chi connectivity index (χ0n) is 24.3. The second-order valence-electron chi connectivity index (χ2n) is 12.1. The predicted molar refractivity (Wildman–Crippen MR) is 152 cm³/mol. The first-order valence-corrected chi connectivity index (χ1v) is 13.6. The molecule has 11 nitrogen and oxygen atoms in total. The van der Waals surface area contributed by atoms with Gasteiger partial charge in [0.1, 0.15) is 11.2 Å². The topological polar surface area (TPSA) is 134 Å². The fraction of sp³-hybridized carbons (Fsp3) is 0.433. The van der Waals surface area contributed by atoms with Gasteiger partial charge in [-0.2, -0.15) is 0 Å². The van der Waals surface area contributed by atoms with Crippen LogP contribution in [0.25, 0.3) is 5.65 Å². The van der Waals surface area contributed by atoms with Crippen LogP contribution in [0, 0.1) is 5.41 Å². The summed E-state index contributed by atoms with van der Waals surface area (Å²) in [7, 11) is 0. The molecule has 1 atom stereocenters. The number of imide groups is 1. The standard InChI is InChI=1S/C30H37N5O6/c1-29(2,3)24(34(28(39)40)17-11-15-31-27(38)41-30(4,5)6)23-21(32-22-14-9-10-16-33(22)23)18-35-25(36)19-12-7-8-13-20(19)26(35)37/h7-10,12-14,16,24H,11,15,17-18H2,1-6H3,(H,31,38)(H,39,40). The van der Waals surface area contributed by atoms with Gasteiger partial charge in [-0.05, 0) is 56.9 Å². The molecule has 0 bridgehead atoms. The van der Waals surface area contributed by atoms with Gasteiger partial charge in [0.2, 0.25) is 0 Å². The third-order valence-corrected chi connectivity index (χ3v) is 6.71. The van der Waals surface area contributed by atoms with Crippen LogP contribution in [0.5, 0.6) is 0 Å². The number of carbonyl (C=O) groups excluding carboxylic acids is 3. The Morgan fingerprint density at radius 1 is 1.00 bits per heavy atom. The average Bonchev–Trinajstić information content (AvgIpc) is 3.34. The molecule has 1 unspecified atom stereocenters. The number of ether oxygens (including phenoxy) is 1. The summed E-state index contributed by atoms with van der Waals surface area (Å²) in [4.78, 5) is 58.4. The molecule has 2 N–H and O–H groups in total. The lowest BCUT2D eigenvalue weighted by atomic mass is 9.82. The highest BCUT2D eigenvalue weighted by molar-refractivity contribution is 6.21. The van der Waals surface area contributed by atoms with Crippen molar-refractivity contribution < 1.29 is 29.0 Å². The van der Waals surface area contributed by atoms with Crippen LogP contribution in [0.3, 0.4) is 0 Å². The lowest BCUT2D eigenvalue weighted by Gasteiger charge is -2.39. The first kappa shape index (κ1) is 29.6. The molecule has 1 aliphatic heterocycles. The summed E-state index contributed by atoms with van der Waals surface area (Å²) < 4.78 is 7.09. The van der Waals surface area contributed by atoms with E-state index in [-0.39, 0.29) is 19.6 Å². The lowest BCUT2D eigenvalue weighted by Crippen LogP contribution is -2.43. The van der Waals surface area contributed by atoms with Gasteiger partial charge in [-0.3, -0.25) is 19.4 Å². The highest BCUT2D eigenvalue weighted by atomic mass is 16.6. The van der Waals surface area contributed by atoms with Crippen molar-refractivity contribution in [1.29, 1.82) is 0 Å². The molecule has 0 fully saturated rings. The Morgan fingerprint density at radius 2 is 1.61 bits per heavy atom. The quantitative estimate of drug-likeness (QED) is 0.287. The van der Waals surface area contributed by atoms with Crippen molar-refractivity contribution in [3.05, 3.63) is 71.2 Å². The zero-order valence-corrected chi connectivity index (χ0v) is 24.3. The van der Waals surface area contributed by atoms with Crippen molar-refractivity contribution in [2.24, 2.45) is 5.41 Å². The van der Waals surface area contributed by atoms with E-state index < -0.39 is 41.1 Å².